The van der Waals surface area contributed by atoms with Gasteiger partial charge in [-0.3, -0.25) is 4.79 Å². The van der Waals surface area contributed by atoms with Crippen LogP contribution in [0.15, 0.2) is 36.7 Å². The molecule has 194 valence electrons. The number of nitrogens with one attached hydrogen (secondary N) is 1. The fourth-order valence-corrected chi connectivity index (χ4v) is 4.97. The van der Waals surface area contributed by atoms with Gasteiger partial charge in [0.1, 0.15) is 17.3 Å². The van der Waals surface area contributed by atoms with Crippen molar-refractivity contribution in [3.8, 4) is 17.3 Å². The summed E-state index contributed by atoms with van der Waals surface area (Å²) in [5, 5.41) is 3.47. The highest BCUT2D eigenvalue weighted by Gasteiger charge is 2.56. The fraction of sp³-hybridized carbons (Fsp3) is 0.423. The third-order valence-electron chi connectivity index (χ3n) is 7.31. The predicted octanol–water partition coefficient (Wildman–Crippen LogP) is 4.53. The van der Waals surface area contributed by atoms with Gasteiger partial charge >= 0.3 is 0 Å². The maximum atomic E-state index is 14.4. The first kappa shape index (κ1) is 24.9. The number of hydrogen-bond donors (Lipinski definition) is 1. The van der Waals surface area contributed by atoms with Gasteiger partial charge in [0.05, 0.1) is 31.0 Å². The minimum Gasteiger partial charge on any atom is -0.481 e. The summed E-state index contributed by atoms with van der Waals surface area (Å²) in [7, 11) is 1.44. The van der Waals surface area contributed by atoms with Crippen molar-refractivity contribution in [2.24, 2.45) is 5.41 Å². The number of nitrogens with zero attached hydrogens (tertiary/aromatic N) is 5. The van der Waals surface area contributed by atoms with Gasteiger partial charge in [-0.05, 0) is 44.9 Å². The summed E-state index contributed by atoms with van der Waals surface area (Å²) in [6.07, 6.45) is 1.65. The van der Waals surface area contributed by atoms with Gasteiger partial charge in [0, 0.05) is 41.9 Å². The molecule has 1 aliphatic carbocycles. The van der Waals surface area contributed by atoms with Gasteiger partial charge in [-0.1, -0.05) is 0 Å². The van der Waals surface area contributed by atoms with E-state index < -0.39 is 18.2 Å². The molecule has 1 spiro atoms. The Bertz CT molecular complexity index is 1330. The second-order valence-electron chi connectivity index (χ2n) is 9.68. The smallest absolute Gasteiger partial charge is 0.280 e. The van der Waals surface area contributed by atoms with Gasteiger partial charge in [0.15, 0.2) is 5.82 Å². The molecule has 1 saturated heterocycles. The first-order valence-electron chi connectivity index (χ1n) is 12.0. The summed E-state index contributed by atoms with van der Waals surface area (Å²) < 4.78 is 45.6. The standard InChI is InChI=1S/C26H27F3N6O2/c1-14(17-10-22(37-3)31-11-18(17)27)25(36)35-12-20(26(13-35)7-8-26)34-21-5-4-16(15(2)32-21)24-30-9-6-19(33-24)23(28)29/h4-6,9-11,14,20,23H,7-8,12-13H2,1-3H3,(H,32,34)/t14-,20-/m1/s1. The van der Waals surface area contributed by atoms with Crippen LogP contribution in [0.4, 0.5) is 19.0 Å². The molecule has 3 aromatic heterocycles. The van der Waals surface area contributed by atoms with E-state index in [0.29, 0.717) is 30.2 Å². The second kappa shape index (κ2) is 9.60. The number of aryl methyl sites for hydroxylation is 1. The molecule has 5 rings (SSSR count). The van der Waals surface area contributed by atoms with Crippen molar-refractivity contribution in [2.75, 3.05) is 25.5 Å². The summed E-state index contributed by atoms with van der Waals surface area (Å²) >= 11 is 0. The van der Waals surface area contributed by atoms with Crippen LogP contribution in [0.5, 0.6) is 5.88 Å². The van der Waals surface area contributed by atoms with Crippen LogP contribution in [-0.2, 0) is 4.79 Å². The summed E-state index contributed by atoms with van der Waals surface area (Å²) in [5.41, 5.74) is 1.04. The summed E-state index contributed by atoms with van der Waals surface area (Å²) in [5.74, 6) is -0.311. The maximum Gasteiger partial charge on any atom is 0.280 e. The van der Waals surface area contributed by atoms with Crippen molar-refractivity contribution in [1.82, 2.24) is 24.8 Å². The Hall–Kier alpha value is -3.76. The van der Waals surface area contributed by atoms with Crippen LogP contribution in [0.2, 0.25) is 0 Å². The molecule has 8 nitrogen and oxygen atoms in total. The highest BCUT2D eigenvalue weighted by Crippen LogP contribution is 2.54. The molecule has 37 heavy (non-hydrogen) atoms. The Kier molecular flexibility index (Phi) is 6.47. The number of carbonyl (C=O) groups is 1. The molecule has 2 fully saturated rings. The molecular weight excluding hydrogens is 485 g/mol. The zero-order chi connectivity index (χ0) is 26.3. The largest absolute Gasteiger partial charge is 0.481 e. The lowest BCUT2D eigenvalue weighted by Crippen LogP contribution is -2.34. The lowest BCUT2D eigenvalue weighted by Gasteiger charge is -2.22. The van der Waals surface area contributed by atoms with E-state index in [4.69, 9.17) is 4.74 Å². The average Bonchev–Trinajstić information content (AvgIpc) is 3.59. The summed E-state index contributed by atoms with van der Waals surface area (Å²) in [6, 6.07) is 6.16. The highest BCUT2D eigenvalue weighted by molar-refractivity contribution is 5.84. The quantitative estimate of drug-likeness (QED) is 0.497. The number of amides is 1. The molecular formula is C26H27F3N6O2. The third-order valence-corrected chi connectivity index (χ3v) is 7.31. The van der Waals surface area contributed by atoms with Crippen molar-refractivity contribution >= 4 is 11.7 Å². The van der Waals surface area contributed by atoms with Gasteiger partial charge < -0.3 is 15.0 Å². The van der Waals surface area contributed by atoms with Crippen LogP contribution >= 0.6 is 0 Å². The number of rotatable bonds is 7. The van der Waals surface area contributed by atoms with E-state index in [9.17, 15) is 18.0 Å². The second-order valence-corrected chi connectivity index (χ2v) is 9.68. The van der Waals surface area contributed by atoms with Crippen LogP contribution in [0.1, 0.15) is 49.1 Å². The topological polar surface area (TPSA) is 93.1 Å². The lowest BCUT2D eigenvalue weighted by molar-refractivity contribution is -0.131. The zero-order valence-corrected chi connectivity index (χ0v) is 20.7. The van der Waals surface area contributed by atoms with Crippen LogP contribution in [0, 0.1) is 18.2 Å². The van der Waals surface area contributed by atoms with E-state index in [1.165, 1.54) is 25.4 Å². The van der Waals surface area contributed by atoms with Crippen LogP contribution in [-0.4, -0.2) is 57.0 Å². The Morgan fingerprint density at radius 1 is 1.22 bits per heavy atom. The van der Waals surface area contributed by atoms with E-state index in [1.807, 2.05) is 0 Å². The molecule has 2 atom stereocenters. The SMILES string of the molecule is COc1cc([C@@H](C)C(=O)N2C[C@@H](Nc3ccc(-c4nccc(C(F)F)n4)c(C)n3)C3(CC3)C2)c(F)cn1. The normalized spacial score (nSPS) is 18.8. The molecule has 1 saturated carbocycles. The Morgan fingerprint density at radius 2 is 2.00 bits per heavy atom. The van der Waals surface area contributed by atoms with E-state index in [0.717, 1.165) is 19.0 Å². The molecule has 0 unspecified atom stereocenters. The molecule has 3 aromatic rings. The summed E-state index contributed by atoms with van der Waals surface area (Å²) in [4.78, 5) is 31.7. The molecule has 1 amide bonds. The monoisotopic (exact) mass is 512 g/mol. The number of pyridine rings is 2. The van der Waals surface area contributed by atoms with Crippen molar-refractivity contribution in [1.29, 1.82) is 0 Å². The number of likely N-dealkylation sites (tertiary alicyclic amines) is 1. The van der Waals surface area contributed by atoms with E-state index in [2.05, 4.69) is 25.3 Å². The number of methoxy groups -OCH3 is 1. The van der Waals surface area contributed by atoms with Crippen molar-refractivity contribution in [3.63, 3.8) is 0 Å². The minimum absolute atomic E-state index is 0.0170. The fourth-order valence-electron chi connectivity index (χ4n) is 4.97. The van der Waals surface area contributed by atoms with Crippen LogP contribution in [0.25, 0.3) is 11.4 Å². The molecule has 0 aromatic carbocycles. The zero-order valence-electron chi connectivity index (χ0n) is 20.7. The number of hydrogen-bond acceptors (Lipinski definition) is 7. The van der Waals surface area contributed by atoms with Crippen molar-refractivity contribution < 1.29 is 22.7 Å². The number of carbonyl (C=O) groups excluding carboxylic acids is 1. The Labute approximate surface area is 212 Å². The van der Waals surface area contributed by atoms with E-state index >= 15 is 0 Å². The molecule has 2 aliphatic rings. The molecule has 4 heterocycles. The average molecular weight is 513 g/mol. The van der Waals surface area contributed by atoms with Crippen LogP contribution < -0.4 is 10.1 Å². The molecule has 0 bridgehead atoms. The van der Waals surface area contributed by atoms with Crippen LogP contribution in [0.3, 0.4) is 0 Å². The first-order valence-corrected chi connectivity index (χ1v) is 12.0. The first-order chi connectivity index (χ1) is 17.7. The number of anilines is 1. The molecule has 0 radical (unpaired) electrons. The Balaban J connectivity index is 1.31. The van der Waals surface area contributed by atoms with Gasteiger partial charge in [0.2, 0.25) is 11.8 Å². The number of halogens is 3. The maximum absolute atomic E-state index is 14.4. The predicted molar refractivity (Wildman–Crippen MR) is 130 cm³/mol. The van der Waals surface area contributed by atoms with Gasteiger partial charge in [0.25, 0.3) is 6.43 Å². The molecule has 11 heteroatoms. The molecule has 1 N–H and O–H groups in total. The molecule has 1 aliphatic heterocycles. The number of ether oxygens (including phenoxy) is 1. The third kappa shape index (κ3) is 4.82. The van der Waals surface area contributed by atoms with Crippen molar-refractivity contribution in [3.05, 3.63) is 59.4 Å². The Morgan fingerprint density at radius 3 is 2.68 bits per heavy atom. The van der Waals surface area contributed by atoms with E-state index in [-0.39, 0.29) is 40.3 Å². The lowest BCUT2D eigenvalue weighted by atomic mass is 10.00. The van der Waals surface area contributed by atoms with Gasteiger partial charge in [-0.2, -0.15) is 0 Å². The highest BCUT2D eigenvalue weighted by atomic mass is 19.3. The van der Waals surface area contributed by atoms with Gasteiger partial charge in [-0.15, -0.1) is 0 Å². The number of aromatic nitrogens is 4. The number of alkyl halides is 2. The van der Waals surface area contributed by atoms with Gasteiger partial charge in [-0.25, -0.2) is 33.1 Å². The van der Waals surface area contributed by atoms with E-state index in [1.54, 1.807) is 30.9 Å². The summed E-state index contributed by atoms with van der Waals surface area (Å²) in [6.45, 7) is 4.52. The minimum atomic E-state index is -2.68. The van der Waals surface area contributed by atoms with Crippen molar-refractivity contribution in [2.45, 2.75) is 45.1 Å².